The second-order valence-corrected chi connectivity index (χ2v) is 7.08. The van der Waals surface area contributed by atoms with Crippen molar-refractivity contribution in [3.8, 4) is 11.1 Å². The smallest absolute Gasteiger partial charge is 0.104 e. The lowest BCUT2D eigenvalue weighted by Gasteiger charge is -2.23. The molecule has 2 nitrogen and oxygen atoms in total. The van der Waals surface area contributed by atoms with Crippen LogP contribution >= 0.6 is 0 Å². The number of hydrogen-bond donors (Lipinski definition) is 0. The summed E-state index contributed by atoms with van der Waals surface area (Å²) in [6.07, 6.45) is 0. The topological polar surface area (TPSA) is 3.24 Å². The minimum Gasteiger partial charge on any atom is -0.327 e. The van der Waals surface area contributed by atoms with Crippen molar-refractivity contribution < 1.29 is 4.48 Å². The summed E-state index contributed by atoms with van der Waals surface area (Å²) in [6.45, 7) is 2.05. The van der Waals surface area contributed by atoms with Crippen molar-refractivity contribution in [1.29, 1.82) is 0 Å². The molecule has 0 N–H and O–H groups in total. The second kappa shape index (κ2) is 6.42. The normalized spacial score (nSPS) is 11.9. The van der Waals surface area contributed by atoms with Crippen LogP contribution in [0.1, 0.15) is 11.1 Å². The van der Waals surface area contributed by atoms with Crippen molar-refractivity contribution in [2.24, 2.45) is 0 Å². The maximum absolute atomic E-state index is 2.24. The van der Waals surface area contributed by atoms with E-state index in [1.54, 1.807) is 0 Å². The van der Waals surface area contributed by atoms with Crippen LogP contribution in [0.3, 0.4) is 0 Å². The quantitative estimate of drug-likeness (QED) is 0.758. The number of nitrogens with zero attached hydrogens (tertiary/aromatic N) is 2. The molecule has 0 aliphatic heterocycles. The van der Waals surface area contributed by atoms with Gasteiger partial charge < -0.3 is 9.38 Å². The van der Waals surface area contributed by atoms with Crippen LogP contribution in [-0.2, 0) is 13.1 Å². The van der Waals surface area contributed by atoms with E-state index in [1.807, 2.05) is 0 Å². The summed E-state index contributed by atoms with van der Waals surface area (Å²) in [6, 6.07) is 17.8. The third kappa shape index (κ3) is 5.00. The second-order valence-electron chi connectivity index (χ2n) is 7.08. The summed E-state index contributed by atoms with van der Waals surface area (Å²) in [4.78, 5) is 2.19. The van der Waals surface area contributed by atoms with Gasteiger partial charge in [0.2, 0.25) is 0 Å². The zero-order chi connectivity index (χ0) is 15.5. The van der Waals surface area contributed by atoms with Crippen molar-refractivity contribution in [3.63, 3.8) is 0 Å². The minimum absolute atomic E-state index is 0.957. The molecule has 2 heteroatoms. The van der Waals surface area contributed by atoms with Gasteiger partial charge in [0.25, 0.3) is 0 Å². The van der Waals surface area contributed by atoms with E-state index in [0.29, 0.717) is 0 Å². The summed E-state index contributed by atoms with van der Waals surface area (Å²) in [5.74, 6) is 0. The first kappa shape index (κ1) is 15.7. The molecule has 0 bridgehead atoms. The molecule has 21 heavy (non-hydrogen) atoms. The number of benzene rings is 2. The van der Waals surface area contributed by atoms with Crippen LogP contribution in [-0.4, -0.2) is 44.6 Å². The molecule has 0 atom stereocenters. The van der Waals surface area contributed by atoms with Crippen molar-refractivity contribution >= 4 is 0 Å². The van der Waals surface area contributed by atoms with E-state index in [2.05, 4.69) is 88.7 Å². The molecule has 0 aromatic heterocycles. The lowest BCUT2D eigenvalue weighted by Crippen LogP contribution is -2.33. The highest BCUT2D eigenvalue weighted by Gasteiger charge is 2.08. The molecule has 2 rings (SSSR count). The predicted molar refractivity (Wildman–Crippen MR) is 91.0 cm³/mol. The van der Waals surface area contributed by atoms with E-state index in [1.165, 1.54) is 22.3 Å². The van der Waals surface area contributed by atoms with Crippen LogP contribution < -0.4 is 0 Å². The van der Waals surface area contributed by atoms with Crippen LogP contribution in [0.25, 0.3) is 11.1 Å². The Morgan fingerprint density at radius 3 is 1.52 bits per heavy atom. The van der Waals surface area contributed by atoms with Gasteiger partial charge in [-0.25, -0.2) is 0 Å². The van der Waals surface area contributed by atoms with Crippen LogP contribution in [0.2, 0.25) is 0 Å². The molecule has 0 saturated carbocycles. The zero-order valence-corrected chi connectivity index (χ0v) is 13.9. The Labute approximate surface area is 129 Å². The van der Waals surface area contributed by atoms with Gasteiger partial charge in [0.05, 0.1) is 21.1 Å². The van der Waals surface area contributed by atoms with E-state index in [4.69, 9.17) is 0 Å². The van der Waals surface area contributed by atoms with Gasteiger partial charge in [-0.05, 0) is 30.8 Å². The van der Waals surface area contributed by atoms with E-state index < -0.39 is 0 Å². The Balaban J connectivity index is 2.11. The van der Waals surface area contributed by atoms with Crippen molar-refractivity contribution in [2.45, 2.75) is 13.1 Å². The molecule has 0 radical (unpaired) electrons. The third-order valence-electron chi connectivity index (χ3n) is 3.40. The fraction of sp³-hybridized carbons (Fsp3) is 0.368. The van der Waals surface area contributed by atoms with Gasteiger partial charge >= 0.3 is 0 Å². The highest BCUT2D eigenvalue weighted by molar-refractivity contribution is 5.63. The highest BCUT2D eigenvalue weighted by Crippen LogP contribution is 2.21. The summed E-state index contributed by atoms with van der Waals surface area (Å²) in [5.41, 5.74) is 5.31. The van der Waals surface area contributed by atoms with E-state index >= 15 is 0 Å². The van der Waals surface area contributed by atoms with Crippen molar-refractivity contribution in [3.05, 3.63) is 59.7 Å². The largest absolute Gasteiger partial charge is 0.327 e. The molecule has 0 spiro atoms. The molecule has 0 aliphatic rings. The summed E-state index contributed by atoms with van der Waals surface area (Å²) < 4.78 is 0.957. The average Bonchev–Trinajstić information content (AvgIpc) is 2.38. The van der Waals surface area contributed by atoms with Gasteiger partial charge in [0, 0.05) is 12.1 Å². The summed E-state index contributed by atoms with van der Waals surface area (Å²) in [7, 11) is 10.9. The monoisotopic (exact) mass is 283 g/mol. The lowest BCUT2D eigenvalue weighted by atomic mass is 10.0. The molecule has 0 heterocycles. The van der Waals surface area contributed by atoms with Crippen LogP contribution in [0, 0.1) is 0 Å². The molecule has 2 aromatic carbocycles. The summed E-state index contributed by atoms with van der Waals surface area (Å²) in [5, 5.41) is 0. The van der Waals surface area contributed by atoms with Gasteiger partial charge in [0.1, 0.15) is 6.54 Å². The van der Waals surface area contributed by atoms with Crippen molar-refractivity contribution in [2.75, 3.05) is 35.2 Å². The first-order valence-corrected chi connectivity index (χ1v) is 7.47. The van der Waals surface area contributed by atoms with E-state index in [0.717, 1.165) is 17.6 Å². The fourth-order valence-electron chi connectivity index (χ4n) is 2.52. The third-order valence-corrected chi connectivity index (χ3v) is 3.40. The zero-order valence-electron chi connectivity index (χ0n) is 13.9. The molecule has 2 aromatic rings. The van der Waals surface area contributed by atoms with E-state index in [9.17, 15) is 0 Å². The first-order valence-electron chi connectivity index (χ1n) is 7.47. The van der Waals surface area contributed by atoms with Crippen molar-refractivity contribution in [1.82, 2.24) is 4.90 Å². The van der Waals surface area contributed by atoms with Gasteiger partial charge in [-0.3, -0.25) is 0 Å². The maximum atomic E-state index is 2.24. The number of hydrogen-bond acceptors (Lipinski definition) is 1. The lowest BCUT2D eigenvalue weighted by molar-refractivity contribution is -0.884. The molecular weight excluding hydrogens is 256 g/mol. The van der Waals surface area contributed by atoms with Crippen LogP contribution in [0.15, 0.2) is 48.5 Å². The molecule has 112 valence electrons. The minimum atomic E-state index is 0.957. The maximum Gasteiger partial charge on any atom is 0.104 e. The van der Waals surface area contributed by atoms with Crippen LogP contribution in [0.4, 0.5) is 0 Å². The Morgan fingerprint density at radius 2 is 1.14 bits per heavy atom. The molecule has 0 saturated heterocycles. The van der Waals surface area contributed by atoms with Gasteiger partial charge in [0.15, 0.2) is 0 Å². The highest BCUT2D eigenvalue weighted by atomic mass is 15.3. The molecule has 0 amide bonds. The van der Waals surface area contributed by atoms with E-state index in [-0.39, 0.29) is 0 Å². The number of quaternary nitrogens is 1. The van der Waals surface area contributed by atoms with Gasteiger partial charge in [-0.2, -0.15) is 0 Å². The fourth-order valence-corrected chi connectivity index (χ4v) is 2.52. The van der Waals surface area contributed by atoms with Gasteiger partial charge in [-0.15, -0.1) is 0 Å². The standard InChI is InChI=1S/C19H27N2/c1-20(2)14-16-6-10-18(11-7-16)19-12-8-17(9-13-19)15-21(3,4)5/h6-13H,14-15H2,1-5H3/q+1. The molecule has 0 fully saturated rings. The molecule has 0 unspecified atom stereocenters. The van der Waals surface area contributed by atoms with Gasteiger partial charge in [-0.1, -0.05) is 48.5 Å². The predicted octanol–water partition coefficient (Wildman–Crippen LogP) is 3.62. The molecular formula is C19H27N2+. The Hall–Kier alpha value is -1.64. The Bertz CT molecular complexity index is 560. The first-order chi connectivity index (χ1) is 9.83. The Kier molecular flexibility index (Phi) is 4.81. The SMILES string of the molecule is CN(C)Cc1ccc(-c2ccc(C[N+](C)(C)C)cc2)cc1. The Morgan fingerprint density at radius 1 is 0.714 bits per heavy atom. The summed E-state index contributed by atoms with van der Waals surface area (Å²) >= 11 is 0. The number of rotatable bonds is 5. The molecule has 0 aliphatic carbocycles. The van der Waals surface area contributed by atoms with Crippen LogP contribution in [0.5, 0.6) is 0 Å². The average molecular weight is 283 g/mol.